The minimum absolute atomic E-state index is 0.0964. The molecular weight excluding hydrogens is 411 g/mol. The summed E-state index contributed by atoms with van der Waals surface area (Å²) in [5.41, 5.74) is 1.32. The molecule has 5 nitrogen and oxygen atoms in total. The van der Waals surface area contributed by atoms with Crippen molar-refractivity contribution >= 4 is 43.6 Å². The smallest absolute Gasteiger partial charge is 0.346 e. The molecule has 0 bridgehead atoms. The van der Waals surface area contributed by atoms with E-state index in [1.807, 2.05) is 4.57 Å². The van der Waals surface area contributed by atoms with Gasteiger partial charge in [0.2, 0.25) is 0 Å². The first-order valence-corrected chi connectivity index (χ1v) is 9.40. The van der Waals surface area contributed by atoms with Crippen molar-refractivity contribution in [1.29, 1.82) is 0 Å². The number of halogens is 2. The van der Waals surface area contributed by atoms with Gasteiger partial charge in [-0.25, -0.2) is 14.2 Å². The minimum Gasteiger partial charge on any atom is -0.477 e. The molecule has 1 saturated heterocycles. The maximum absolute atomic E-state index is 14.2. The van der Waals surface area contributed by atoms with Gasteiger partial charge in [-0.15, -0.1) is 11.3 Å². The summed E-state index contributed by atoms with van der Waals surface area (Å²) in [6.45, 7) is 1.34. The van der Waals surface area contributed by atoms with Gasteiger partial charge in [-0.1, -0.05) is 22.0 Å². The number of aromatic nitrogens is 2. The first-order valence-electron chi connectivity index (χ1n) is 7.79. The Morgan fingerprint density at radius 3 is 2.92 bits per heavy atom. The fourth-order valence-corrected chi connectivity index (χ4v) is 4.10. The number of hydrogen-bond donors (Lipinski definition) is 1. The summed E-state index contributed by atoms with van der Waals surface area (Å²) in [7, 11) is 0. The van der Waals surface area contributed by atoms with Crippen LogP contribution in [-0.2, 0) is 17.7 Å². The SMILES string of the molecule is O=C(O)c1cc2c(nc(Cc3ccc(Br)cc3F)n2C[C@H]2CCO2)s1. The molecule has 0 unspecified atom stereocenters. The van der Waals surface area contributed by atoms with Gasteiger partial charge in [0.15, 0.2) is 0 Å². The van der Waals surface area contributed by atoms with Gasteiger partial charge in [-0.05, 0) is 30.2 Å². The van der Waals surface area contributed by atoms with Crippen molar-refractivity contribution in [2.24, 2.45) is 0 Å². The molecule has 1 aromatic carbocycles. The van der Waals surface area contributed by atoms with E-state index in [1.54, 1.807) is 18.2 Å². The normalized spacial score (nSPS) is 17.0. The Bertz CT molecular complexity index is 964. The summed E-state index contributed by atoms with van der Waals surface area (Å²) in [6.07, 6.45) is 1.40. The first kappa shape index (κ1) is 16.7. The predicted octanol–water partition coefficient (Wildman–Crippen LogP) is 4.08. The van der Waals surface area contributed by atoms with Crippen molar-refractivity contribution in [2.45, 2.75) is 25.5 Å². The summed E-state index contributed by atoms with van der Waals surface area (Å²) >= 11 is 4.39. The van der Waals surface area contributed by atoms with Crippen LogP contribution in [0.15, 0.2) is 28.7 Å². The second kappa shape index (κ2) is 6.51. The van der Waals surface area contributed by atoms with Crippen molar-refractivity contribution in [1.82, 2.24) is 9.55 Å². The number of fused-ring (bicyclic) bond motifs is 1. The van der Waals surface area contributed by atoms with Gasteiger partial charge in [0.05, 0.1) is 18.2 Å². The maximum Gasteiger partial charge on any atom is 0.346 e. The number of ether oxygens (including phenoxy) is 1. The number of benzene rings is 1. The standard InChI is InChI=1S/C17H14BrFN2O3S/c18-10-2-1-9(12(19)6-10)5-15-20-16-13(7-14(25-16)17(22)23)21(15)8-11-3-4-24-11/h1-2,6-7,11H,3-5,8H2,(H,22,23)/t11-/m1/s1. The van der Waals surface area contributed by atoms with Gasteiger partial charge >= 0.3 is 5.97 Å². The van der Waals surface area contributed by atoms with E-state index in [1.165, 1.54) is 6.07 Å². The zero-order valence-electron chi connectivity index (χ0n) is 13.0. The highest BCUT2D eigenvalue weighted by Crippen LogP contribution is 2.29. The third-order valence-corrected chi connectivity index (χ3v) is 5.78. The third-order valence-electron chi connectivity index (χ3n) is 4.28. The number of thiophene rings is 1. The van der Waals surface area contributed by atoms with E-state index < -0.39 is 5.97 Å². The van der Waals surface area contributed by atoms with Crippen LogP contribution in [0.3, 0.4) is 0 Å². The van der Waals surface area contributed by atoms with Crippen LogP contribution in [0, 0.1) is 5.82 Å². The van der Waals surface area contributed by atoms with Crippen LogP contribution >= 0.6 is 27.3 Å². The zero-order chi connectivity index (χ0) is 17.6. The van der Waals surface area contributed by atoms with E-state index in [-0.39, 0.29) is 16.8 Å². The topological polar surface area (TPSA) is 64.3 Å². The molecule has 1 N–H and O–H groups in total. The first-order chi connectivity index (χ1) is 12.0. The van der Waals surface area contributed by atoms with E-state index in [0.29, 0.717) is 27.8 Å². The molecule has 25 heavy (non-hydrogen) atoms. The Labute approximate surface area is 155 Å². The van der Waals surface area contributed by atoms with Crippen LogP contribution < -0.4 is 0 Å². The highest BCUT2D eigenvalue weighted by Gasteiger charge is 2.24. The van der Waals surface area contributed by atoms with Crippen molar-refractivity contribution in [2.75, 3.05) is 6.61 Å². The maximum atomic E-state index is 14.2. The number of nitrogens with zero attached hydrogens (tertiary/aromatic N) is 2. The molecule has 0 spiro atoms. The summed E-state index contributed by atoms with van der Waals surface area (Å²) < 4.78 is 22.4. The number of hydrogen-bond acceptors (Lipinski definition) is 4. The van der Waals surface area contributed by atoms with Crippen molar-refractivity contribution in [3.05, 3.63) is 50.8 Å². The van der Waals surface area contributed by atoms with Gasteiger partial charge in [-0.3, -0.25) is 0 Å². The lowest BCUT2D eigenvalue weighted by Crippen LogP contribution is -2.31. The van der Waals surface area contributed by atoms with E-state index in [4.69, 9.17) is 4.74 Å². The van der Waals surface area contributed by atoms with Gasteiger partial charge in [0.1, 0.15) is 21.3 Å². The van der Waals surface area contributed by atoms with Gasteiger partial charge < -0.3 is 14.4 Å². The van der Waals surface area contributed by atoms with Crippen molar-refractivity contribution in [3.63, 3.8) is 0 Å². The molecule has 130 valence electrons. The zero-order valence-corrected chi connectivity index (χ0v) is 15.4. The molecule has 8 heteroatoms. The van der Waals surface area contributed by atoms with Gasteiger partial charge in [0.25, 0.3) is 0 Å². The highest BCUT2D eigenvalue weighted by molar-refractivity contribution is 9.10. The summed E-state index contributed by atoms with van der Waals surface area (Å²) in [5.74, 6) is -0.539. The summed E-state index contributed by atoms with van der Waals surface area (Å²) in [5, 5.41) is 9.20. The fourth-order valence-electron chi connectivity index (χ4n) is 2.87. The lowest BCUT2D eigenvalue weighted by atomic mass is 10.1. The molecule has 3 heterocycles. The molecule has 1 aliphatic heterocycles. The second-order valence-corrected chi connectivity index (χ2v) is 7.89. The number of imidazole rings is 1. The second-order valence-electron chi connectivity index (χ2n) is 5.94. The molecule has 1 aliphatic rings. The number of rotatable bonds is 5. The molecule has 0 saturated carbocycles. The van der Waals surface area contributed by atoms with Crippen LogP contribution in [0.1, 0.15) is 27.5 Å². The highest BCUT2D eigenvalue weighted by atomic mass is 79.9. The van der Waals surface area contributed by atoms with Crippen molar-refractivity contribution < 1.29 is 19.0 Å². The summed E-state index contributed by atoms with van der Waals surface area (Å²) in [4.78, 5) is 16.7. The number of carboxylic acids is 1. The lowest BCUT2D eigenvalue weighted by molar-refractivity contribution is -0.0589. The predicted molar refractivity (Wildman–Crippen MR) is 95.8 cm³/mol. The number of carboxylic acid groups (broad SMARTS) is 1. The molecule has 1 atom stereocenters. The number of aromatic carboxylic acids is 1. The quantitative estimate of drug-likeness (QED) is 0.669. The van der Waals surface area contributed by atoms with Crippen LogP contribution in [-0.4, -0.2) is 33.3 Å². The van der Waals surface area contributed by atoms with Crippen molar-refractivity contribution in [3.8, 4) is 0 Å². The molecule has 2 aromatic heterocycles. The Kier molecular flexibility index (Phi) is 4.35. The van der Waals surface area contributed by atoms with E-state index in [0.717, 1.165) is 35.7 Å². The van der Waals surface area contributed by atoms with E-state index >= 15 is 0 Å². The molecule has 4 rings (SSSR count). The lowest BCUT2D eigenvalue weighted by Gasteiger charge is -2.27. The Balaban J connectivity index is 1.74. The van der Waals surface area contributed by atoms with E-state index in [2.05, 4.69) is 20.9 Å². The molecular formula is C17H14BrFN2O3S. The summed E-state index contributed by atoms with van der Waals surface area (Å²) in [6, 6.07) is 6.60. The Morgan fingerprint density at radius 2 is 2.28 bits per heavy atom. The van der Waals surface area contributed by atoms with Gasteiger partial charge in [0, 0.05) is 17.5 Å². The van der Waals surface area contributed by atoms with Crippen LogP contribution in [0.5, 0.6) is 0 Å². The monoisotopic (exact) mass is 424 g/mol. The largest absolute Gasteiger partial charge is 0.477 e. The van der Waals surface area contributed by atoms with Crippen LogP contribution in [0.25, 0.3) is 10.3 Å². The Hall–Kier alpha value is -1.77. The minimum atomic E-state index is -0.963. The number of carbonyl (C=O) groups is 1. The molecule has 3 aromatic rings. The third kappa shape index (κ3) is 3.21. The molecule has 0 amide bonds. The molecule has 0 radical (unpaired) electrons. The fraction of sp³-hybridized carbons (Fsp3) is 0.294. The average Bonchev–Trinajstić information content (AvgIpc) is 3.04. The Morgan fingerprint density at radius 1 is 1.48 bits per heavy atom. The van der Waals surface area contributed by atoms with Crippen LogP contribution in [0.4, 0.5) is 4.39 Å². The molecule has 0 aliphatic carbocycles. The van der Waals surface area contributed by atoms with Gasteiger partial charge in [-0.2, -0.15) is 0 Å². The molecule has 1 fully saturated rings. The average molecular weight is 425 g/mol. The van der Waals surface area contributed by atoms with Crippen LogP contribution in [0.2, 0.25) is 0 Å². The van der Waals surface area contributed by atoms with E-state index in [9.17, 15) is 14.3 Å².